The van der Waals surface area contributed by atoms with Gasteiger partial charge in [-0.25, -0.2) is 0 Å². The van der Waals surface area contributed by atoms with Crippen molar-refractivity contribution in [3.63, 3.8) is 0 Å². The number of hydrogen-bond donors (Lipinski definition) is 2. The van der Waals surface area contributed by atoms with E-state index in [2.05, 4.69) is 5.16 Å². The zero-order valence-electron chi connectivity index (χ0n) is 12.1. The third kappa shape index (κ3) is 3.42. The summed E-state index contributed by atoms with van der Waals surface area (Å²) < 4.78 is 5.72. The lowest BCUT2D eigenvalue weighted by Gasteiger charge is -2.17. The zero-order chi connectivity index (χ0) is 15.6. The van der Waals surface area contributed by atoms with E-state index >= 15 is 0 Å². The van der Waals surface area contributed by atoms with Crippen LogP contribution < -0.4 is 10.5 Å². The number of hydrogen-bond acceptors (Lipinski definition) is 5. The predicted molar refractivity (Wildman–Crippen MR) is 77.8 cm³/mol. The van der Waals surface area contributed by atoms with E-state index in [9.17, 15) is 10.1 Å². The highest BCUT2D eigenvalue weighted by molar-refractivity contribution is 5.80. The number of nitrogens with zero attached hydrogens (tertiary/aromatic N) is 2. The van der Waals surface area contributed by atoms with Gasteiger partial charge in [-0.15, -0.1) is 0 Å². The molecule has 0 spiro atoms. The smallest absolute Gasteiger partial charge is 0.311 e. The van der Waals surface area contributed by atoms with Gasteiger partial charge in [0, 0.05) is 17.9 Å². The number of amidine groups is 1. The number of nitro groups is 1. The van der Waals surface area contributed by atoms with Gasteiger partial charge in [0.15, 0.2) is 5.75 Å². The number of nitrogens with two attached hydrogens (primary N) is 1. The summed E-state index contributed by atoms with van der Waals surface area (Å²) in [5.41, 5.74) is 6.91. The fourth-order valence-corrected chi connectivity index (χ4v) is 2.45. The molecular weight excluding hydrogens is 274 g/mol. The van der Waals surface area contributed by atoms with Crippen molar-refractivity contribution in [1.82, 2.24) is 0 Å². The second-order valence-corrected chi connectivity index (χ2v) is 5.74. The van der Waals surface area contributed by atoms with Crippen LogP contribution in [0, 0.1) is 29.4 Å². The molecule has 1 saturated carbocycles. The summed E-state index contributed by atoms with van der Waals surface area (Å²) in [6, 6.07) is 3.36. The highest BCUT2D eigenvalue weighted by atomic mass is 16.6. The molecule has 21 heavy (non-hydrogen) atoms. The van der Waals surface area contributed by atoms with Crippen LogP contribution in [0.5, 0.6) is 5.75 Å². The Bertz CT molecular complexity index is 594. The average molecular weight is 293 g/mol. The summed E-state index contributed by atoms with van der Waals surface area (Å²) in [7, 11) is 0. The van der Waals surface area contributed by atoms with Gasteiger partial charge in [0.25, 0.3) is 0 Å². The normalized spacial score (nSPS) is 16.6. The number of benzene rings is 1. The highest BCUT2D eigenvalue weighted by Crippen LogP contribution is 2.49. The molecule has 1 fully saturated rings. The van der Waals surface area contributed by atoms with Gasteiger partial charge in [-0.2, -0.15) is 0 Å². The molecule has 0 unspecified atom stereocenters. The third-order valence-corrected chi connectivity index (χ3v) is 3.76. The molecule has 0 aromatic heterocycles. The molecule has 3 N–H and O–H groups in total. The zero-order valence-corrected chi connectivity index (χ0v) is 12.1. The molecule has 1 aromatic carbocycles. The maximum absolute atomic E-state index is 11.1. The largest absolute Gasteiger partial charge is 0.486 e. The summed E-state index contributed by atoms with van der Waals surface area (Å²) in [6.07, 6.45) is 2.24. The van der Waals surface area contributed by atoms with Crippen molar-refractivity contribution in [2.24, 2.45) is 16.3 Å². The first-order valence-corrected chi connectivity index (χ1v) is 6.72. The Kier molecular flexibility index (Phi) is 4.02. The lowest BCUT2D eigenvalue weighted by atomic mass is 10.0. The first-order chi connectivity index (χ1) is 9.87. The van der Waals surface area contributed by atoms with E-state index in [1.54, 1.807) is 6.92 Å². The minimum atomic E-state index is -0.432. The molecule has 1 aliphatic rings. The van der Waals surface area contributed by atoms with Gasteiger partial charge in [0.05, 0.1) is 11.5 Å². The van der Waals surface area contributed by atoms with Crippen molar-refractivity contribution in [3.05, 3.63) is 33.4 Å². The van der Waals surface area contributed by atoms with Gasteiger partial charge >= 0.3 is 5.69 Å². The fraction of sp³-hybridized carbons (Fsp3) is 0.500. The first kappa shape index (κ1) is 15.1. The van der Waals surface area contributed by atoms with E-state index in [-0.39, 0.29) is 16.9 Å². The minimum absolute atomic E-state index is 0.0212. The van der Waals surface area contributed by atoms with Crippen LogP contribution in [0.25, 0.3) is 0 Å². The quantitative estimate of drug-likeness (QED) is 0.275. The third-order valence-electron chi connectivity index (χ3n) is 3.76. The Balaban J connectivity index is 2.15. The van der Waals surface area contributed by atoms with Gasteiger partial charge in [-0.1, -0.05) is 11.2 Å². The molecule has 0 radical (unpaired) electrons. The van der Waals surface area contributed by atoms with Gasteiger partial charge in [-0.05, 0) is 37.8 Å². The van der Waals surface area contributed by atoms with Crippen molar-refractivity contribution < 1.29 is 14.9 Å². The van der Waals surface area contributed by atoms with Crippen molar-refractivity contribution >= 4 is 11.5 Å². The molecule has 1 aromatic rings. The van der Waals surface area contributed by atoms with Gasteiger partial charge in [-0.3, -0.25) is 10.1 Å². The predicted octanol–water partition coefficient (Wildman–Crippen LogP) is 2.51. The standard InChI is InChI=1S/C14H19N3O4/c1-9-5-10(2)13(11(6-9)17(19)20)21-8-14(3-4-14)7-12(15)16-18/h5-6,18H,3-4,7-8H2,1-2H3,(H2,15,16). The maximum Gasteiger partial charge on any atom is 0.311 e. The van der Waals surface area contributed by atoms with E-state index in [4.69, 9.17) is 15.7 Å². The summed E-state index contributed by atoms with van der Waals surface area (Å²) in [4.78, 5) is 10.7. The molecule has 0 atom stereocenters. The van der Waals surface area contributed by atoms with Crippen LogP contribution in [-0.2, 0) is 0 Å². The van der Waals surface area contributed by atoms with E-state index in [0.29, 0.717) is 18.8 Å². The number of aryl methyl sites for hydroxylation is 2. The number of oxime groups is 1. The second kappa shape index (κ2) is 5.59. The molecule has 1 aliphatic carbocycles. The molecule has 0 heterocycles. The molecule has 0 saturated heterocycles. The highest BCUT2D eigenvalue weighted by Gasteiger charge is 2.44. The van der Waals surface area contributed by atoms with E-state index in [1.807, 2.05) is 13.0 Å². The van der Waals surface area contributed by atoms with Gasteiger partial charge in [0.1, 0.15) is 5.84 Å². The lowest BCUT2D eigenvalue weighted by Crippen LogP contribution is -2.23. The summed E-state index contributed by atoms with van der Waals surface area (Å²) in [5.74, 6) is 0.461. The van der Waals surface area contributed by atoms with Crippen molar-refractivity contribution in [2.75, 3.05) is 6.61 Å². The number of rotatable bonds is 6. The Labute approximate surface area is 122 Å². The average Bonchev–Trinajstić information content (AvgIpc) is 3.16. The van der Waals surface area contributed by atoms with Crippen LogP contribution in [0.3, 0.4) is 0 Å². The Morgan fingerprint density at radius 1 is 1.52 bits per heavy atom. The molecule has 0 amide bonds. The summed E-state index contributed by atoms with van der Waals surface area (Å²) in [6.45, 7) is 3.93. The molecule has 0 aliphatic heterocycles. The second-order valence-electron chi connectivity index (χ2n) is 5.74. The van der Waals surface area contributed by atoms with Gasteiger partial charge in [0.2, 0.25) is 0 Å². The number of ether oxygens (including phenoxy) is 1. The first-order valence-electron chi connectivity index (χ1n) is 6.72. The monoisotopic (exact) mass is 293 g/mol. The molecular formula is C14H19N3O4. The van der Waals surface area contributed by atoms with E-state index in [1.165, 1.54) is 6.07 Å². The Morgan fingerprint density at radius 2 is 2.19 bits per heavy atom. The molecule has 7 heteroatoms. The Morgan fingerprint density at radius 3 is 2.71 bits per heavy atom. The summed E-state index contributed by atoms with van der Waals surface area (Å²) in [5, 5.41) is 22.8. The van der Waals surface area contributed by atoms with Crippen molar-refractivity contribution in [1.29, 1.82) is 0 Å². The van der Waals surface area contributed by atoms with Crippen LogP contribution in [0.2, 0.25) is 0 Å². The van der Waals surface area contributed by atoms with Crippen LogP contribution in [-0.4, -0.2) is 22.6 Å². The SMILES string of the molecule is Cc1cc(C)c(OCC2(CC(N)=NO)CC2)c([N+](=O)[O-])c1. The maximum atomic E-state index is 11.1. The van der Waals surface area contributed by atoms with Crippen LogP contribution in [0.1, 0.15) is 30.4 Å². The van der Waals surface area contributed by atoms with Crippen LogP contribution in [0.4, 0.5) is 5.69 Å². The molecule has 7 nitrogen and oxygen atoms in total. The van der Waals surface area contributed by atoms with E-state index < -0.39 is 4.92 Å². The van der Waals surface area contributed by atoms with Crippen LogP contribution >= 0.6 is 0 Å². The Hall–Kier alpha value is -2.31. The topological polar surface area (TPSA) is 111 Å². The van der Waals surface area contributed by atoms with E-state index in [0.717, 1.165) is 24.0 Å². The summed E-state index contributed by atoms with van der Waals surface area (Å²) >= 11 is 0. The molecule has 114 valence electrons. The number of nitro benzene ring substituents is 1. The van der Waals surface area contributed by atoms with Crippen LogP contribution in [0.15, 0.2) is 17.3 Å². The van der Waals surface area contributed by atoms with Crippen molar-refractivity contribution in [2.45, 2.75) is 33.1 Å². The lowest BCUT2D eigenvalue weighted by molar-refractivity contribution is -0.386. The fourth-order valence-electron chi connectivity index (χ4n) is 2.45. The minimum Gasteiger partial charge on any atom is -0.486 e. The van der Waals surface area contributed by atoms with Gasteiger partial charge < -0.3 is 15.7 Å². The molecule has 0 bridgehead atoms. The molecule has 2 rings (SSSR count). The van der Waals surface area contributed by atoms with Crippen molar-refractivity contribution in [3.8, 4) is 5.75 Å².